The summed E-state index contributed by atoms with van der Waals surface area (Å²) in [4.78, 5) is 12.9. The van der Waals surface area contributed by atoms with Crippen LogP contribution in [0, 0.1) is 11.8 Å². The Bertz CT molecular complexity index is 1010. The Morgan fingerprint density at radius 2 is 1.89 bits per heavy atom. The van der Waals surface area contributed by atoms with Gasteiger partial charge in [-0.05, 0) is 24.3 Å². The minimum absolute atomic E-state index is 0.0973. The van der Waals surface area contributed by atoms with Crippen LogP contribution in [0.3, 0.4) is 0 Å². The molecule has 4 aliphatic rings. The molecular formula is C23H28O13. The molecule has 0 aromatic heterocycles. The van der Waals surface area contributed by atoms with Crippen molar-refractivity contribution in [3.63, 3.8) is 0 Å². The molecule has 3 fully saturated rings. The Balaban J connectivity index is 1.35. The maximum Gasteiger partial charge on any atom is 0.338 e. The lowest BCUT2D eigenvalue weighted by Crippen LogP contribution is -2.60. The zero-order valence-corrected chi connectivity index (χ0v) is 19.1. The predicted molar refractivity (Wildman–Crippen MR) is 114 cm³/mol. The van der Waals surface area contributed by atoms with Gasteiger partial charge in [-0.1, -0.05) is 0 Å². The molecule has 0 bridgehead atoms. The quantitative estimate of drug-likeness (QED) is 0.173. The summed E-state index contributed by atoms with van der Waals surface area (Å²) in [6, 6.07) is 4.02. The van der Waals surface area contributed by atoms with Gasteiger partial charge in [0.25, 0.3) is 0 Å². The molecule has 13 heteroatoms. The molecule has 3 heterocycles. The lowest BCUT2D eigenvalue weighted by Gasteiger charge is -2.43. The smallest absolute Gasteiger partial charge is 0.338 e. The average Bonchev–Trinajstić information content (AvgIpc) is 3.56. The first-order valence-corrected chi connectivity index (χ1v) is 11.4. The summed E-state index contributed by atoms with van der Waals surface area (Å²) in [5, 5.41) is 59.8. The van der Waals surface area contributed by atoms with Crippen LogP contribution in [0.5, 0.6) is 11.5 Å². The maximum absolute atomic E-state index is 12.9. The Labute approximate surface area is 205 Å². The Morgan fingerprint density at radius 1 is 1.11 bits per heavy atom. The molecule has 198 valence electrons. The van der Waals surface area contributed by atoms with Crippen molar-refractivity contribution < 1.29 is 63.9 Å². The van der Waals surface area contributed by atoms with E-state index in [9.17, 15) is 35.4 Å². The second-order valence-electron chi connectivity index (χ2n) is 9.18. The fourth-order valence-electron chi connectivity index (χ4n) is 5.28. The summed E-state index contributed by atoms with van der Waals surface area (Å²) < 4.78 is 33.4. The molecule has 11 atom stereocenters. The van der Waals surface area contributed by atoms with E-state index >= 15 is 0 Å². The SMILES string of the molecule is COc1cc(C(=O)O[C@H]2[C@@H]3C=CO[C@@H](O[C@@H]4O[C@H](CO)[C@H](O)[C@H](O)[C@@H]4O)[C@@H]3[C@@]3(CO)O[C@@H]23)ccc1O. The summed E-state index contributed by atoms with van der Waals surface area (Å²) in [7, 11) is 1.35. The molecule has 1 aromatic rings. The zero-order valence-electron chi connectivity index (χ0n) is 19.1. The van der Waals surface area contributed by atoms with Crippen molar-refractivity contribution in [2.75, 3.05) is 20.3 Å². The second kappa shape index (κ2) is 9.43. The van der Waals surface area contributed by atoms with Crippen molar-refractivity contribution in [3.05, 3.63) is 36.1 Å². The largest absolute Gasteiger partial charge is 0.504 e. The van der Waals surface area contributed by atoms with Crippen molar-refractivity contribution >= 4 is 5.97 Å². The molecular weight excluding hydrogens is 484 g/mol. The number of fused-ring (bicyclic) bond motifs is 3. The third kappa shape index (κ3) is 3.92. The highest BCUT2D eigenvalue weighted by molar-refractivity contribution is 5.90. The zero-order chi connectivity index (χ0) is 25.8. The van der Waals surface area contributed by atoms with E-state index in [1.165, 1.54) is 31.6 Å². The summed E-state index contributed by atoms with van der Waals surface area (Å²) in [5.41, 5.74) is -1.03. The first-order valence-electron chi connectivity index (χ1n) is 11.4. The van der Waals surface area contributed by atoms with Crippen LogP contribution in [0.4, 0.5) is 0 Å². The molecule has 1 aromatic carbocycles. The Hall–Kier alpha value is -2.49. The maximum atomic E-state index is 12.9. The number of phenolic OH excluding ortho intramolecular Hbond substituents is 1. The van der Waals surface area contributed by atoms with E-state index in [1.54, 1.807) is 6.08 Å². The highest BCUT2D eigenvalue weighted by atomic mass is 16.8. The van der Waals surface area contributed by atoms with Gasteiger partial charge in [0, 0.05) is 5.92 Å². The van der Waals surface area contributed by atoms with Crippen LogP contribution in [0.15, 0.2) is 30.5 Å². The van der Waals surface area contributed by atoms with Crippen LogP contribution in [0.2, 0.25) is 0 Å². The van der Waals surface area contributed by atoms with Gasteiger partial charge in [-0.25, -0.2) is 4.79 Å². The topological polar surface area (TPSA) is 197 Å². The monoisotopic (exact) mass is 512 g/mol. The number of rotatable bonds is 7. The molecule has 0 spiro atoms. The first-order chi connectivity index (χ1) is 17.2. The number of esters is 1. The van der Waals surface area contributed by atoms with Gasteiger partial charge in [0.2, 0.25) is 6.29 Å². The molecule has 5 rings (SSSR count). The first kappa shape index (κ1) is 25.2. The van der Waals surface area contributed by atoms with E-state index in [2.05, 4.69) is 0 Å². The number of aliphatic hydroxyl groups is 5. The number of methoxy groups -OCH3 is 1. The van der Waals surface area contributed by atoms with Gasteiger partial charge in [0.15, 0.2) is 17.8 Å². The second-order valence-corrected chi connectivity index (χ2v) is 9.18. The van der Waals surface area contributed by atoms with Gasteiger partial charge in [-0.2, -0.15) is 0 Å². The van der Waals surface area contributed by atoms with Gasteiger partial charge < -0.3 is 59.1 Å². The van der Waals surface area contributed by atoms with Crippen LogP contribution < -0.4 is 4.74 Å². The minimum Gasteiger partial charge on any atom is -0.504 e. The van der Waals surface area contributed by atoms with E-state index in [-0.39, 0.29) is 17.1 Å². The van der Waals surface area contributed by atoms with Crippen molar-refractivity contribution in [2.45, 2.75) is 54.8 Å². The van der Waals surface area contributed by atoms with Gasteiger partial charge in [0.05, 0.1) is 38.1 Å². The lowest BCUT2D eigenvalue weighted by atomic mass is 9.85. The van der Waals surface area contributed by atoms with Gasteiger partial charge in [-0.15, -0.1) is 0 Å². The highest BCUT2D eigenvalue weighted by Crippen LogP contribution is 2.60. The van der Waals surface area contributed by atoms with Gasteiger partial charge in [-0.3, -0.25) is 0 Å². The number of hydrogen-bond donors (Lipinski definition) is 6. The number of carbonyl (C=O) groups is 1. The lowest BCUT2D eigenvalue weighted by molar-refractivity contribution is -0.344. The van der Waals surface area contributed by atoms with Crippen molar-refractivity contribution in [3.8, 4) is 11.5 Å². The van der Waals surface area contributed by atoms with Crippen LogP contribution >= 0.6 is 0 Å². The third-order valence-corrected chi connectivity index (χ3v) is 7.26. The molecule has 0 radical (unpaired) electrons. The molecule has 6 N–H and O–H groups in total. The van der Waals surface area contributed by atoms with Crippen LogP contribution in [-0.2, 0) is 23.7 Å². The minimum atomic E-state index is -1.66. The molecule has 0 amide bonds. The molecule has 2 saturated heterocycles. The number of phenols is 1. The van der Waals surface area contributed by atoms with Crippen LogP contribution in [-0.4, -0.2) is 112 Å². The summed E-state index contributed by atoms with van der Waals surface area (Å²) in [5.74, 6) is -1.95. The van der Waals surface area contributed by atoms with Gasteiger partial charge >= 0.3 is 5.97 Å². The number of carbonyl (C=O) groups excluding carboxylic acids is 1. The van der Waals surface area contributed by atoms with E-state index in [1.807, 2.05) is 0 Å². The summed E-state index contributed by atoms with van der Waals surface area (Å²) in [6.45, 7) is -1.07. The van der Waals surface area contributed by atoms with Crippen molar-refractivity contribution in [2.24, 2.45) is 11.8 Å². The predicted octanol–water partition coefficient (Wildman–Crippen LogP) is -2.01. The Morgan fingerprint density at radius 3 is 2.58 bits per heavy atom. The number of aliphatic hydroxyl groups excluding tert-OH is 5. The number of ether oxygens (including phenoxy) is 6. The van der Waals surface area contributed by atoms with E-state index in [0.717, 1.165) is 0 Å². The summed E-state index contributed by atoms with van der Waals surface area (Å²) in [6.07, 6.45) is -7.19. The molecule has 1 aliphatic carbocycles. The number of epoxide rings is 1. The van der Waals surface area contributed by atoms with E-state index < -0.39 is 85.8 Å². The van der Waals surface area contributed by atoms with Gasteiger partial charge in [0.1, 0.15) is 42.2 Å². The normalized spacial score (nSPS) is 42.7. The van der Waals surface area contributed by atoms with E-state index in [0.29, 0.717) is 0 Å². The fourth-order valence-corrected chi connectivity index (χ4v) is 5.28. The number of hydrogen-bond acceptors (Lipinski definition) is 13. The third-order valence-electron chi connectivity index (χ3n) is 7.26. The fraction of sp³-hybridized carbons (Fsp3) is 0.609. The Kier molecular flexibility index (Phi) is 6.59. The molecule has 1 saturated carbocycles. The highest BCUT2D eigenvalue weighted by Gasteiger charge is 2.77. The molecule has 13 nitrogen and oxygen atoms in total. The number of aromatic hydroxyl groups is 1. The van der Waals surface area contributed by atoms with Crippen molar-refractivity contribution in [1.82, 2.24) is 0 Å². The number of benzene rings is 1. The van der Waals surface area contributed by atoms with Crippen LogP contribution in [0.1, 0.15) is 10.4 Å². The van der Waals surface area contributed by atoms with Crippen molar-refractivity contribution in [1.29, 1.82) is 0 Å². The summed E-state index contributed by atoms with van der Waals surface area (Å²) >= 11 is 0. The average molecular weight is 512 g/mol. The van der Waals surface area contributed by atoms with Crippen LogP contribution in [0.25, 0.3) is 0 Å². The molecule has 3 aliphatic heterocycles. The standard InChI is InChI=1S/C23H28O13/c1-31-12-6-9(2-3-11(12)26)20(30)34-18-10-4-5-32-21(14(10)23(8-25)19(18)36-23)35-22-17(29)16(28)15(27)13(7-24)33-22/h2-6,10,13-19,21-22,24-29H,7-8H2,1H3/t10-,13-,14-,15+,16+,17+,18+,19+,21+,22+,23-/m1/s1. The van der Waals surface area contributed by atoms with E-state index in [4.69, 9.17) is 28.4 Å². The molecule has 0 unspecified atom stereocenters. The molecule has 36 heavy (non-hydrogen) atoms.